The van der Waals surface area contributed by atoms with Crippen molar-refractivity contribution in [1.29, 1.82) is 0 Å². The standard InChI is InChI=1S/C16H23FN2O.ClH/c1-12-9-13(5-6-14(12)17)19-15(20)10-16(11-18)7-3-2-4-8-16;/h5-6,9H,2-4,7-8,10-11,18H2,1H3,(H,19,20);1H. The minimum atomic E-state index is -0.256. The van der Waals surface area contributed by atoms with Crippen LogP contribution in [-0.4, -0.2) is 12.5 Å². The summed E-state index contributed by atoms with van der Waals surface area (Å²) < 4.78 is 13.2. The van der Waals surface area contributed by atoms with Crippen LogP contribution in [0.25, 0.3) is 0 Å². The minimum absolute atomic E-state index is 0. The second-order valence-electron chi connectivity index (χ2n) is 5.95. The Morgan fingerprint density at radius 1 is 1.33 bits per heavy atom. The summed E-state index contributed by atoms with van der Waals surface area (Å²) in [5.74, 6) is -0.280. The van der Waals surface area contributed by atoms with Crippen molar-refractivity contribution in [3.05, 3.63) is 29.6 Å². The van der Waals surface area contributed by atoms with Crippen molar-refractivity contribution in [2.45, 2.75) is 45.4 Å². The first kappa shape index (κ1) is 17.9. The number of hydrogen-bond acceptors (Lipinski definition) is 2. The molecule has 0 saturated heterocycles. The van der Waals surface area contributed by atoms with Crippen LogP contribution in [0.1, 0.15) is 44.1 Å². The fraction of sp³-hybridized carbons (Fsp3) is 0.562. The summed E-state index contributed by atoms with van der Waals surface area (Å²) in [5.41, 5.74) is 7.04. The molecule has 2 rings (SSSR count). The smallest absolute Gasteiger partial charge is 0.224 e. The molecule has 0 unspecified atom stereocenters. The zero-order valence-corrected chi connectivity index (χ0v) is 13.3. The number of anilines is 1. The van der Waals surface area contributed by atoms with Crippen LogP contribution in [0.4, 0.5) is 10.1 Å². The molecular formula is C16H24ClFN2O. The summed E-state index contributed by atoms with van der Waals surface area (Å²) in [4.78, 5) is 12.2. The van der Waals surface area contributed by atoms with E-state index in [-0.39, 0.29) is 29.5 Å². The molecule has 3 N–H and O–H groups in total. The number of carbonyl (C=O) groups excluding carboxylic acids is 1. The molecule has 5 heteroatoms. The summed E-state index contributed by atoms with van der Waals surface area (Å²) >= 11 is 0. The first-order valence-electron chi connectivity index (χ1n) is 7.31. The third kappa shape index (κ3) is 4.68. The van der Waals surface area contributed by atoms with Crippen molar-refractivity contribution in [1.82, 2.24) is 0 Å². The molecule has 0 spiro atoms. The fourth-order valence-corrected chi connectivity index (χ4v) is 3.02. The van der Waals surface area contributed by atoms with Gasteiger partial charge in [0.25, 0.3) is 0 Å². The summed E-state index contributed by atoms with van der Waals surface area (Å²) in [7, 11) is 0. The lowest BCUT2D eigenvalue weighted by Gasteiger charge is -2.35. The molecule has 0 bridgehead atoms. The molecule has 1 aliphatic carbocycles. The van der Waals surface area contributed by atoms with Crippen LogP contribution >= 0.6 is 12.4 Å². The average Bonchev–Trinajstić information content (AvgIpc) is 2.44. The fourth-order valence-electron chi connectivity index (χ4n) is 3.02. The molecule has 3 nitrogen and oxygen atoms in total. The molecule has 1 saturated carbocycles. The molecule has 118 valence electrons. The number of amides is 1. The molecule has 1 fully saturated rings. The summed E-state index contributed by atoms with van der Waals surface area (Å²) in [6.07, 6.45) is 6.06. The lowest BCUT2D eigenvalue weighted by atomic mass is 9.71. The monoisotopic (exact) mass is 314 g/mol. The van der Waals surface area contributed by atoms with Crippen molar-refractivity contribution in [3.63, 3.8) is 0 Å². The van der Waals surface area contributed by atoms with Gasteiger partial charge in [0.2, 0.25) is 5.91 Å². The van der Waals surface area contributed by atoms with Crippen LogP contribution < -0.4 is 11.1 Å². The van der Waals surface area contributed by atoms with Crippen LogP contribution in [-0.2, 0) is 4.79 Å². The van der Waals surface area contributed by atoms with Crippen molar-refractivity contribution < 1.29 is 9.18 Å². The Bertz CT molecular complexity index is 487. The molecule has 0 radical (unpaired) electrons. The van der Waals surface area contributed by atoms with Gasteiger partial charge in [-0.1, -0.05) is 19.3 Å². The number of nitrogens with one attached hydrogen (secondary N) is 1. The van der Waals surface area contributed by atoms with E-state index in [1.165, 1.54) is 12.5 Å². The Labute approximate surface area is 131 Å². The lowest BCUT2D eigenvalue weighted by Crippen LogP contribution is -2.36. The number of benzene rings is 1. The largest absolute Gasteiger partial charge is 0.330 e. The molecule has 1 amide bonds. The van der Waals surface area contributed by atoms with Gasteiger partial charge in [0.15, 0.2) is 0 Å². The van der Waals surface area contributed by atoms with Crippen LogP contribution in [0.15, 0.2) is 18.2 Å². The lowest BCUT2D eigenvalue weighted by molar-refractivity contribution is -0.118. The summed E-state index contributed by atoms with van der Waals surface area (Å²) in [5, 5.41) is 2.86. The third-order valence-corrected chi connectivity index (χ3v) is 4.32. The number of hydrogen-bond donors (Lipinski definition) is 2. The number of rotatable bonds is 4. The summed E-state index contributed by atoms with van der Waals surface area (Å²) in [6.45, 7) is 2.25. The van der Waals surface area contributed by atoms with Gasteiger partial charge in [-0.05, 0) is 55.5 Å². The van der Waals surface area contributed by atoms with E-state index in [0.717, 1.165) is 25.7 Å². The van der Waals surface area contributed by atoms with Crippen molar-refractivity contribution in [2.75, 3.05) is 11.9 Å². The highest BCUT2D eigenvalue weighted by Gasteiger charge is 2.32. The Morgan fingerprint density at radius 2 is 2.00 bits per heavy atom. The van der Waals surface area contributed by atoms with Gasteiger partial charge in [-0.3, -0.25) is 4.79 Å². The molecule has 0 aromatic heterocycles. The SMILES string of the molecule is Cc1cc(NC(=O)CC2(CN)CCCCC2)ccc1F.Cl. The third-order valence-electron chi connectivity index (χ3n) is 4.32. The van der Waals surface area contributed by atoms with Gasteiger partial charge in [-0.15, -0.1) is 12.4 Å². The highest BCUT2D eigenvalue weighted by molar-refractivity contribution is 5.91. The maximum atomic E-state index is 13.2. The Morgan fingerprint density at radius 3 is 2.57 bits per heavy atom. The van der Waals surface area contributed by atoms with E-state index in [2.05, 4.69) is 5.32 Å². The molecule has 21 heavy (non-hydrogen) atoms. The number of nitrogens with two attached hydrogens (primary N) is 1. The van der Waals surface area contributed by atoms with E-state index in [9.17, 15) is 9.18 Å². The Kier molecular flexibility index (Phi) is 6.62. The zero-order valence-electron chi connectivity index (χ0n) is 12.5. The topological polar surface area (TPSA) is 55.1 Å². The predicted molar refractivity (Wildman–Crippen MR) is 86.2 cm³/mol. The van der Waals surface area contributed by atoms with Gasteiger partial charge in [-0.25, -0.2) is 4.39 Å². The summed E-state index contributed by atoms with van der Waals surface area (Å²) in [6, 6.07) is 4.63. The van der Waals surface area contributed by atoms with Crippen LogP contribution in [0.2, 0.25) is 0 Å². The van der Waals surface area contributed by atoms with E-state index in [1.54, 1.807) is 19.1 Å². The first-order chi connectivity index (χ1) is 9.54. The van der Waals surface area contributed by atoms with Crippen LogP contribution in [0.5, 0.6) is 0 Å². The van der Waals surface area contributed by atoms with E-state index >= 15 is 0 Å². The van der Waals surface area contributed by atoms with Crippen LogP contribution in [0, 0.1) is 18.2 Å². The van der Waals surface area contributed by atoms with E-state index < -0.39 is 0 Å². The van der Waals surface area contributed by atoms with E-state index in [4.69, 9.17) is 5.73 Å². The van der Waals surface area contributed by atoms with Crippen molar-refractivity contribution >= 4 is 24.0 Å². The Balaban J connectivity index is 0.00000220. The van der Waals surface area contributed by atoms with Gasteiger partial charge < -0.3 is 11.1 Å². The van der Waals surface area contributed by atoms with Gasteiger partial charge >= 0.3 is 0 Å². The number of halogens is 2. The van der Waals surface area contributed by atoms with E-state index in [0.29, 0.717) is 24.2 Å². The minimum Gasteiger partial charge on any atom is -0.330 e. The maximum absolute atomic E-state index is 13.2. The highest BCUT2D eigenvalue weighted by atomic mass is 35.5. The quantitative estimate of drug-likeness (QED) is 0.888. The van der Waals surface area contributed by atoms with Gasteiger partial charge in [0.1, 0.15) is 5.82 Å². The van der Waals surface area contributed by atoms with Crippen molar-refractivity contribution in [3.8, 4) is 0 Å². The van der Waals surface area contributed by atoms with Gasteiger partial charge in [0, 0.05) is 12.1 Å². The normalized spacial score (nSPS) is 16.9. The second kappa shape index (κ2) is 7.76. The maximum Gasteiger partial charge on any atom is 0.224 e. The molecular weight excluding hydrogens is 291 g/mol. The Hall–Kier alpha value is -1.13. The second-order valence-corrected chi connectivity index (χ2v) is 5.95. The van der Waals surface area contributed by atoms with Crippen LogP contribution in [0.3, 0.4) is 0 Å². The molecule has 1 aromatic rings. The predicted octanol–water partition coefficient (Wildman–Crippen LogP) is 3.79. The molecule has 0 atom stereocenters. The van der Waals surface area contributed by atoms with E-state index in [1.807, 2.05) is 0 Å². The molecule has 0 aliphatic heterocycles. The number of carbonyl (C=O) groups is 1. The number of aryl methyl sites for hydroxylation is 1. The van der Waals surface area contributed by atoms with Crippen molar-refractivity contribution in [2.24, 2.45) is 11.1 Å². The van der Waals surface area contributed by atoms with Gasteiger partial charge in [-0.2, -0.15) is 0 Å². The first-order valence-corrected chi connectivity index (χ1v) is 7.31. The molecule has 0 heterocycles. The molecule has 1 aliphatic rings. The van der Waals surface area contributed by atoms with Gasteiger partial charge in [0.05, 0.1) is 0 Å². The zero-order chi connectivity index (χ0) is 14.6. The highest BCUT2D eigenvalue weighted by Crippen LogP contribution is 2.38. The molecule has 1 aromatic carbocycles. The average molecular weight is 315 g/mol.